The van der Waals surface area contributed by atoms with Crippen LogP contribution in [0, 0.1) is 5.82 Å². The Balaban J connectivity index is 2.02. The van der Waals surface area contributed by atoms with Gasteiger partial charge in [-0.15, -0.1) is 0 Å². The van der Waals surface area contributed by atoms with Crippen LogP contribution in [0.2, 0.25) is 0 Å². The van der Waals surface area contributed by atoms with Crippen LogP contribution < -0.4 is 0 Å². The van der Waals surface area contributed by atoms with Crippen LogP contribution in [0.3, 0.4) is 0 Å². The van der Waals surface area contributed by atoms with E-state index in [4.69, 9.17) is 0 Å². The van der Waals surface area contributed by atoms with Crippen LogP contribution in [0.1, 0.15) is 18.9 Å². The van der Waals surface area contributed by atoms with Gasteiger partial charge < -0.3 is 9.47 Å². The average Bonchev–Trinajstić information content (AvgIpc) is 2.53. The second kappa shape index (κ2) is 3.50. The zero-order valence-electron chi connectivity index (χ0n) is 7.91. The standard InChI is InChI=1S/C10H15FN2/c1-12-5-3-10(4-6-12)13-7-2-9(11)8-13/h2,7-8,10H,3-6H2,1H3. The number of likely N-dealkylation sites (tertiary alicyclic amines) is 1. The smallest absolute Gasteiger partial charge is 0.140 e. The van der Waals surface area contributed by atoms with E-state index in [0.29, 0.717) is 6.04 Å². The maximum absolute atomic E-state index is 12.7. The third kappa shape index (κ3) is 1.91. The van der Waals surface area contributed by atoms with E-state index in [1.807, 2.05) is 10.8 Å². The van der Waals surface area contributed by atoms with Gasteiger partial charge in [-0.2, -0.15) is 0 Å². The van der Waals surface area contributed by atoms with E-state index >= 15 is 0 Å². The Kier molecular flexibility index (Phi) is 2.36. The second-order valence-corrected chi connectivity index (χ2v) is 3.81. The summed E-state index contributed by atoms with van der Waals surface area (Å²) >= 11 is 0. The molecule has 0 atom stereocenters. The summed E-state index contributed by atoms with van der Waals surface area (Å²) in [5, 5.41) is 0. The highest BCUT2D eigenvalue weighted by molar-refractivity contribution is 4.97. The van der Waals surface area contributed by atoms with E-state index in [1.54, 1.807) is 6.20 Å². The molecule has 1 aliphatic heterocycles. The van der Waals surface area contributed by atoms with Crippen LogP contribution in [0.25, 0.3) is 0 Å². The van der Waals surface area contributed by atoms with Crippen molar-refractivity contribution in [3.8, 4) is 0 Å². The molecule has 1 aromatic heterocycles. The summed E-state index contributed by atoms with van der Waals surface area (Å²) in [6.45, 7) is 2.23. The monoisotopic (exact) mass is 182 g/mol. The third-order valence-electron chi connectivity index (χ3n) is 2.79. The van der Waals surface area contributed by atoms with Crippen molar-refractivity contribution >= 4 is 0 Å². The van der Waals surface area contributed by atoms with Crippen molar-refractivity contribution in [2.75, 3.05) is 20.1 Å². The first-order chi connectivity index (χ1) is 6.25. The van der Waals surface area contributed by atoms with Crippen LogP contribution in [-0.2, 0) is 0 Å². The molecule has 0 N–H and O–H groups in total. The molecule has 1 saturated heterocycles. The molecule has 2 heterocycles. The number of piperidine rings is 1. The van der Waals surface area contributed by atoms with E-state index in [0.717, 1.165) is 25.9 Å². The predicted octanol–water partition coefficient (Wildman–Crippen LogP) is 1.89. The van der Waals surface area contributed by atoms with E-state index in [1.165, 1.54) is 6.07 Å². The molecule has 0 aromatic carbocycles. The van der Waals surface area contributed by atoms with Crippen molar-refractivity contribution in [2.45, 2.75) is 18.9 Å². The molecule has 0 radical (unpaired) electrons. The Bertz CT molecular complexity index is 274. The fourth-order valence-electron chi connectivity index (χ4n) is 1.91. The molecule has 2 nitrogen and oxygen atoms in total. The van der Waals surface area contributed by atoms with Gasteiger partial charge in [-0.1, -0.05) is 0 Å². The molecule has 0 amide bonds. The molecule has 0 aliphatic carbocycles. The van der Waals surface area contributed by atoms with Crippen LogP contribution in [0.4, 0.5) is 4.39 Å². The highest BCUT2D eigenvalue weighted by Crippen LogP contribution is 2.21. The minimum absolute atomic E-state index is 0.126. The lowest BCUT2D eigenvalue weighted by Gasteiger charge is -2.29. The Labute approximate surface area is 78.0 Å². The van der Waals surface area contributed by atoms with E-state index in [2.05, 4.69) is 11.9 Å². The Morgan fingerprint density at radius 1 is 1.38 bits per heavy atom. The van der Waals surface area contributed by atoms with Gasteiger partial charge >= 0.3 is 0 Å². The van der Waals surface area contributed by atoms with Gasteiger partial charge in [-0.25, -0.2) is 4.39 Å². The molecule has 2 rings (SSSR count). The predicted molar refractivity (Wildman–Crippen MR) is 50.2 cm³/mol. The number of nitrogens with zero attached hydrogens (tertiary/aromatic N) is 2. The van der Waals surface area contributed by atoms with Crippen molar-refractivity contribution < 1.29 is 4.39 Å². The Morgan fingerprint density at radius 3 is 2.62 bits per heavy atom. The first kappa shape index (κ1) is 8.75. The van der Waals surface area contributed by atoms with Gasteiger partial charge in [0.15, 0.2) is 0 Å². The quantitative estimate of drug-likeness (QED) is 0.644. The van der Waals surface area contributed by atoms with Gasteiger partial charge in [0.1, 0.15) is 5.82 Å². The third-order valence-corrected chi connectivity index (χ3v) is 2.79. The van der Waals surface area contributed by atoms with Crippen molar-refractivity contribution in [3.63, 3.8) is 0 Å². The topological polar surface area (TPSA) is 8.17 Å². The lowest BCUT2D eigenvalue weighted by atomic mass is 10.1. The van der Waals surface area contributed by atoms with Gasteiger partial charge in [-0.05, 0) is 39.0 Å². The van der Waals surface area contributed by atoms with Crippen LogP contribution in [-0.4, -0.2) is 29.6 Å². The molecule has 72 valence electrons. The minimum Gasteiger partial charge on any atom is -0.348 e. The van der Waals surface area contributed by atoms with Gasteiger partial charge in [0.25, 0.3) is 0 Å². The zero-order valence-corrected chi connectivity index (χ0v) is 7.91. The van der Waals surface area contributed by atoms with E-state index in [-0.39, 0.29) is 5.82 Å². The lowest BCUT2D eigenvalue weighted by molar-refractivity contribution is 0.221. The summed E-state index contributed by atoms with van der Waals surface area (Å²) in [7, 11) is 2.13. The summed E-state index contributed by atoms with van der Waals surface area (Å²) in [6.07, 6.45) is 5.69. The molecule has 0 saturated carbocycles. The van der Waals surface area contributed by atoms with Crippen LogP contribution >= 0.6 is 0 Å². The van der Waals surface area contributed by atoms with Gasteiger partial charge in [0.2, 0.25) is 0 Å². The maximum Gasteiger partial charge on any atom is 0.140 e. The SMILES string of the molecule is CN1CCC(n2ccc(F)c2)CC1. The zero-order chi connectivity index (χ0) is 9.26. The maximum atomic E-state index is 12.7. The number of rotatable bonds is 1. The fraction of sp³-hybridized carbons (Fsp3) is 0.600. The molecule has 3 heteroatoms. The number of aromatic nitrogens is 1. The number of hydrogen-bond donors (Lipinski definition) is 0. The first-order valence-corrected chi connectivity index (χ1v) is 4.77. The van der Waals surface area contributed by atoms with Crippen molar-refractivity contribution in [2.24, 2.45) is 0 Å². The van der Waals surface area contributed by atoms with Crippen LogP contribution in [0.15, 0.2) is 18.5 Å². The van der Waals surface area contributed by atoms with Gasteiger partial charge in [0.05, 0.1) is 0 Å². The van der Waals surface area contributed by atoms with Crippen molar-refractivity contribution in [1.82, 2.24) is 9.47 Å². The summed E-state index contributed by atoms with van der Waals surface area (Å²) in [6, 6.07) is 2.03. The minimum atomic E-state index is -0.126. The lowest BCUT2D eigenvalue weighted by Crippen LogP contribution is -2.31. The summed E-state index contributed by atoms with van der Waals surface area (Å²) in [5.41, 5.74) is 0. The Hall–Kier alpha value is -0.830. The number of hydrogen-bond acceptors (Lipinski definition) is 1. The van der Waals surface area contributed by atoms with Crippen molar-refractivity contribution in [3.05, 3.63) is 24.3 Å². The second-order valence-electron chi connectivity index (χ2n) is 3.81. The molecule has 1 fully saturated rings. The highest BCUT2D eigenvalue weighted by atomic mass is 19.1. The molecule has 0 bridgehead atoms. The molecule has 1 aliphatic rings. The fourth-order valence-corrected chi connectivity index (χ4v) is 1.91. The van der Waals surface area contributed by atoms with Crippen molar-refractivity contribution in [1.29, 1.82) is 0 Å². The van der Waals surface area contributed by atoms with Gasteiger partial charge in [0, 0.05) is 18.4 Å². The molecular weight excluding hydrogens is 167 g/mol. The molecule has 0 unspecified atom stereocenters. The highest BCUT2D eigenvalue weighted by Gasteiger charge is 2.17. The molecule has 1 aromatic rings. The summed E-state index contributed by atoms with van der Waals surface area (Å²) < 4.78 is 14.7. The van der Waals surface area contributed by atoms with Gasteiger partial charge in [-0.3, -0.25) is 0 Å². The molecule has 13 heavy (non-hydrogen) atoms. The Morgan fingerprint density at radius 2 is 2.08 bits per heavy atom. The largest absolute Gasteiger partial charge is 0.348 e. The normalized spacial score (nSPS) is 20.8. The van der Waals surface area contributed by atoms with E-state index in [9.17, 15) is 4.39 Å². The first-order valence-electron chi connectivity index (χ1n) is 4.77. The average molecular weight is 182 g/mol. The summed E-state index contributed by atoms with van der Waals surface area (Å²) in [4.78, 5) is 2.32. The molecule has 0 spiro atoms. The van der Waals surface area contributed by atoms with E-state index < -0.39 is 0 Å². The summed E-state index contributed by atoms with van der Waals surface area (Å²) in [5.74, 6) is -0.126. The van der Waals surface area contributed by atoms with Crippen LogP contribution in [0.5, 0.6) is 0 Å². The molecular formula is C10H15FN2. The number of halogens is 1.